The van der Waals surface area contributed by atoms with Gasteiger partial charge in [0.15, 0.2) is 0 Å². The van der Waals surface area contributed by atoms with E-state index in [1.54, 1.807) is 13.3 Å². The normalized spacial score (nSPS) is 17.2. The molecule has 30 heavy (non-hydrogen) atoms. The zero-order valence-electron chi connectivity index (χ0n) is 17.1. The number of carbonyl (C=O) groups is 1. The van der Waals surface area contributed by atoms with Crippen LogP contribution in [0.3, 0.4) is 0 Å². The molecule has 2 aromatic heterocycles. The standard InChI is InChI=1S/C23H26N4O3/c1-29-11-9-25-23(28)19-13-21(26-20-7-3-2-6-18(19)20)22-16-27(10-12-30-22)15-17-5-4-8-24-14-17/h2-8,13-14,22H,9-12,15-16H2,1H3,(H,25,28). The number of methoxy groups -OCH3 is 1. The Kier molecular flexibility index (Phi) is 6.63. The first-order valence-corrected chi connectivity index (χ1v) is 10.1. The number of rotatable bonds is 7. The summed E-state index contributed by atoms with van der Waals surface area (Å²) in [7, 11) is 1.61. The van der Waals surface area contributed by atoms with Gasteiger partial charge in [-0.3, -0.25) is 14.7 Å². The summed E-state index contributed by atoms with van der Waals surface area (Å²) in [6.07, 6.45) is 3.48. The van der Waals surface area contributed by atoms with Crippen LogP contribution in [-0.2, 0) is 16.0 Å². The molecule has 1 unspecified atom stereocenters. The Morgan fingerprint density at radius 2 is 2.20 bits per heavy atom. The number of benzene rings is 1. The quantitative estimate of drug-likeness (QED) is 0.608. The van der Waals surface area contributed by atoms with Crippen LogP contribution in [0.2, 0.25) is 0 Å². The number of nitrogens with zero attached hydrogens (tertiary/aromatic N) is 3. The van der Waals surface area contributed by atoms with Crippen LogP contribution in [0.25, 0.3) is 10.9 Å². The van der Waals surface area contributed by atoms with Crippen LogP contribution in [0, 0.1) is 0 Å². The summed E-state index contributed by atoms with van der Waals surface area (Å²) in [6, 6.07) is 13.6. The third-order valence-electron chi connectivity index (χ3n) is 5.18. The Labute approximate surface area is 176 Å². The fourth-order valence-electron chi connectivity index (χ4n) is 3.69. The van der Waals surface area contributed by atoms with Gasteiger partial charge in [-0.2, -0.15) is 0 Å². The van der Waals surface area contributed by atoms with Gasteiger partial charge in [0.25, 0.3) is 5.91 Å². The van der Waals surface area contributed by atoms with Crippen LogP contribution in [0.5, 0.6) is 0 Å². The van der Waals surface area contributed by atoms with Crippen molar-refractivity contribution in [3.8, 4) is 0 Å². The molecular formula is C23H26N4O3. The van der Waals surface area contributed by atoms with E-state index in [2.05, 4.69) is 21.3 Å². The highest BCUT2D eigenvalue weighted by atomic mass is 16.5. The first-order chi connectivity index (χ1) is 14.7. The summed E-state index contributed by atoms with van der Waals surface area (Å²) in [6.45, 7) is 3.92. The molecule has 3 heterocycles. The molecule has 156 valence electrons. The lowest BCUT2D eigenvalue weighted by molar-refractivity contribution is -0.0348. The van der Waals surface area contributed by atoms with Crippen LogP contribution in [-0.4, -0.2) is 60.7 Å². The molecule has 1 aliphatic heterocycles. The summed E-state index contributed by atoms with van der Waals surface area (Å²) < 4.78 is 11.1. The number of pyridine rings is 2. The molecule has 7 heteroatoms. The van der Waals surface area contributed by atoms with Crippen molar-refractivity contribution < 1.29 is 14.3 Å². The number of ether oxygens (including phenoxy) is 2. The fraction of sp³-hybridized carbons (Fsp3) is 0.348. The lowest BCUT2D eigenvalue weighted by Gasteiger charge is -2.32. The number of nitrogens with one attached hydrogen (secondary N) is 1. The van der Waals surface area contributed by atoms with Crippen LogP contribution >= 0.6 is 0 Å². The Balaban J connectivity index is 1.57. The number of fused-ring (bicyclic) bond motifs is 1. The molecule has 0 spiro atoms. The summed E-state index contributed by atoms with van der Waals surface area (Å²) >= 11 is 0. The highest BCUT2D eigenvalue weighted by Gasteiger charge is 2.25. The first-order valence-electron chi connectivity index (χ1n) is 10.1. The molecule has 0 saturated carbocycles. The maximum Gasteiger partial charge on any atom is 0.252 e. The van der Waals surface area contributed by atoms with Gasteiger partial charge < -0.3 is 14.8 Å². The number of para-hydroxylation sites is 1. The molecule has 4 rings (SSSR count). The smallest absolute Gasteiger partial charge is 0.252 e. The average Bonchev–Trinajstić information content (AvgIpc) is 2.79. The lowest BCUT2D eigenvalue weighted by Crippen LogP contribution is -2.38. The van der Waals surface area contributed by atoms with Gasteiger partial charge in [-0.15, -0.1) is 0 Å². The summed E-state index contributed by atoms with van der Waals surface area (Å²) in [5.74, 6) is -0.130. The Hall–Kier alpha value is -2.87. The van der Waals surface area contributed by atoms with Gasteiger partial charge >= 0.3 is 0 Å². The molecule has 1 atom stereocenters. The van der Waals surface area contributed by atoms with Crippen molar-refractivity contribution in [1.82, 2.24) is 20.2 Å². The highest BCUT2D eigenvalue weighted by molar-refractivity contribution is 6.06. The van der Waals surface area contributed by atoms with Crippen molar-refractivity contribution in [2.24, 2.45) is 0 Å². The predicted octanol–water partition coefficient (Wildman–Crippen LogP) is 2.58. The zero-order chi connectivity index (χ0) is 20.8. The third-order valence-corrected chi connectivity index (χ3v) is 5.18. The van der Waals surface area contributed by atoms with Crippen molar-refractivity contribution in [2.75, 3.05) is 40.0 Å². The van der Waals surface area contributed by atoms with E-state index in [0.29, 0.717) is 31.9 Å². The number of carbonyl (C=O) groups excluding carboxylic acids is 1. The molecule has 1 aromatic carbocycles. The molecule has 1 amide bonds. The fourth-order valence-corrected chi connectivity index (χ4v) is 3.69. The number of hydrogen-bond donors (Lipinski definition) is 1. The highest BCUT2D eigenvalue weighted by Crippen LogP contribution is 2.26. The largest absolute Gasteiger partial charge is 0.383 e. The zero-order valence-corrected chi connectivity index (χ0v) is 17.1. The van der Waals surface area contributed by atoms with Gasteiger partial charge in [-0.05, 0) is 23.8 Å². The minimum atomic E-state index is -0.189. The maximum atomic E-state index is 12.8. The summed E-state index contributed by atoms with van der Waals surface area (Å²) in [5.41, 5.74) is 3.35. The Morgan fingerprint density at radius 1 is 1.30 bits per heavy atom. The van der Waals surface area contributed by atoms with E-state index in [9.17, 15) is 4.79 Å². The molecule has 1 aliphatic rings. The third kappa shape index (κ3) is 4.81. The molecule has 1 fully saturated rings. The van der Waals surface area contributed by atoms with Crippen LogP contribution in [0.1, 0.15) is 27.7 Å². The molecular weight excluding hydrogens is 380 g/mol. The van der Waals surface area contributed by atoms with E-state index in [1.165, 1.54) is 5.56 Å². The molecule has 1 saturated heterocycles. The molecule has 0 bridgehead atoms. The Bertz CT molecular complexity index is 996. The average molecular weight is 406 g/mol. The van der Waals surface area contributed by atoms with Gasteiger partial charge in [0.05, 0.1) is 30.0 Å². The molecule has 0 radical (unpaired) electrons. The number of hydrogen-bond acceptors (Lipinski definition) is 6. The van der Waals surface area contributed by atoms with Crippen molar-refractivity contribution >= 4 is 16.8 Å². The maximum absolute atomic E-state index is 12.8. The Morgan fingerprint density at radius 3 is 3.03 bits per heavy atom. The van der Waals surface area contributed by atoms with Crippen molar-refractivity contribution in [1.29, 1.82) is 0 Å². The van der Waals surface area contributed by atoms with Gasteiger partial charge in [0, 0.05) is 51.1 Å². The van der Waals surface area contributed by atoms with Gasteiger partial charge in [0.2, 0.25) is 0 Å². The van der Waals surface area contributed by atoms with Crippen LogP contribution in [0.4, 0.5) is 0 Å². The van der Waals surface area contributed by atoms with E-state index in [4.69, 9.17) is 14.5 Å². The van der Waals surface area contributed by atoms with Crippen LogP contribution in [0.15, 0.2) is 54.9 Å². The van der Waals surface area contributed by atoms with E-state index in [-0.39, 0.29) is 12.0 Å². The molecule has 0 aliphatic carbocycles. The number of aromatic nitrogens is 2. The topological polar surface area (TPSA) is 76.6 Å². The van der Waals surface area contributed by atoms with Crippen molar-refractivity contribution in [3.63, 3.8) is 0 Å². The summed E-state index contributed by atoms with van der Waals surface area (Å²) in [4.78, 5) is 24.2. The lowest BCUT2D eigenvalue weighted by atomic mass is 10.0. The predicted molar refractivity (Wildman–Crippen MR) is 114 cm³/mol. The number of amides is 1. The first kappa shape index (κ1) is 20.4. The second-order valence-electron chi connectivity index (χ2n) is 7.32. The SMILES string of the molecule is COCCNC(=O)c1cc(C2CN(Cc3cccnc3)CCO2)nc2ccccc12. The van der Waals surface area contributed by atoms with Gasteiger partial charge in [0.1, 0.15) is 6.10 Å². The minimum absolute atomic E-state index is 0.130. The van der Waals surface area contributed by atoms with Crippen LogP contribution < -0.4 is 5.32 Å². The second kappa shape index (κ2) is 9.75. The van der Waals surface area contributed by atoms with Crippen molar-refractivity contribution in [2.45, 2.75) is 12.6 Å². The van der Waals surface area contributed by atoms with Gasteiger partial charge in [-0.1, -0.05) is 24.3 Å². The monoisotopic (exact) mass is 406 g/mol. The molecule has 7 nitrogen and oxygen atoms in total. The van der Waals surface area contributed by atoms with E-state index in [1.807, 2.05) is 42.6 Å². The van der Waals surface area contributed by atoms with E-state index in [0.717, 1.165) is 29.7 Å². The minimum Gasteiger partial charge on any atom is -0.383 e. The molecule has 3 aromatic rings. The molecule has 1 N–H and O–H groups in total. The number of morpholine rings is 1. The van der Waals surface area contributed by atoms with E-state index >= 15 is 0 Å². The van der Waals surface area contributed by atoms with Gasteiger partial charge in [-0.25, -0.2) is 4.98 Å². The van der Waals surface area contributed by atoms with Crippen molar-refractivity contribution in [3.05, 3.63) is 71.7 Å². The second-order valence-corrected chi connectivity index (χ2v) is 7.32. The van der Waals surface area contributed by atoms with E-state index < -0.39 is 0 Å². The summed E-state index contributed by atoms with van der Waals surface area (Å²) in [5, 5.41) is 3.75.